The number of carbonyl (C=O) groups is 2. The van der Waals surface area contributed by atoms with E-state index in [4.69, 9.17) is 4.74 Å². The van der Waals surface area contributed by atoms with E-state index < -0.39 is 5.66 Å². The zero-order valence-corrected chi connectivity index (χ0v) is 14.5. The summed E-state index contributed by atoms with van der Waals surface area (Å²) in [7, 11) is 1.63. The zero-order valence-electron chi connectivity index (χ0n) is 14.5. The molecular weight excluding hydrogens is 318 g/mol. The molecule has 3 fully saturated rings. The summed E-state index contributed by atoms with van der Waals surface area (Å²) in [4.78, 5) is 25.1. The summed E-state index contributed by atoms with van der Waals surface area (Å²) in [6.07, 6.45) is 3.72. The van der Waals surface area contributed by atoms with Gasteiger partial charge in [-0.25, -0.2) is 0 Å². The number of methoxy groups -OCH3 is 1. The molecule has 6 nitrogen and oxygen atoms in total. The number of fused-ring (bicyclic) bond motifs is 3. The molecule has 2 bridgehead atoms. The Morgan fingerprint density at radius 2 is 2.16 bits per heavy atom. The number of hydrogen-bond acceptors (Lipinski definition) is 4. The van der Waals surface area contributed by atoms with Gasteiger partial charge in [-0.2, -0.15) is 0 Å². The first-order valence-electron chi connectivity index (χ1n) is 9.09. The molecule has 0 saturated heterocycles. The lowest BCUT2D eigenvalue weighted by atomic mass is 9.58. The van der Waals surface area contributed by atoms with Crippen LogP contribution in [-0.2, 0) is 9.53 Å². The first-order chi connectivity index (χ1) is 12.1. The quantitative estimate of drug-likeness (QED) is 0.728. The Labute approximate surface area is 147 Å². The summed E-state index contributed by atoms with van der Waals surface area (Å²) < 4.78 is 5.00. The lowest BCUT2D eigenvalue weighted by molar-refractivity contribution is -0.132. The lowest BCUT2D eigenvalue weighted by Crippen LogP contribution is -2.68. The van der Waals surface area contributed by atoms with Crippen molar-refractivity contribution in [1.29, 1.82) is 0 Å². The maximum absolute atomic E-state index is 12.6. The van der Waals surface area contributed by atoms with Crippen molar-refractivity contribution in [3.05, 3.63) is 29.8 Å². The SMILES string of the molecule is COCCNC(=O)[C@H]1C[C@H]2CC[C@H]1C[C@@]21NC(=O)c2ccccc2N1. The van der Waals surface area contributed by atoms with Crippen molar-refractivity contribution >= 4 is 17.5 Å². The van der Waals surface area contributed by atoms with Gasteiger partial charge in [0.2, 0.25) is 5.91 Å². The summed E-state index contributed by atoms with van der Waals surface area (Å²) in [6.45, 7) is 1.08. The van der Waals surface area contributed by atoms with Crippen molar-refractivity contribution in [3.8, 4) is 0 Å². The van der Waals surface area contributed by atoms with E-state index in [1.165, 1.54) is 0 Å². The smallest absolute Gasteiger partial charge is 0.255 e. The monoisotopic (exact) mass is 343 g/mol. The van der Waals surface area contributed by atoms with Gasteiger partial charge in [-0.05, 0) is 43.7 Å². The Morgan fingerprint density at radius 1 is 1.32 bits per heavy atom. The van der Waals surface area contributed by atoms with Crippen LogP contribution >= 0.6 is 0 Å². The number of para-hydroxylation sites is 1. The minimum Gasteiger partial charge on any atom is -0.383 e. The van der Waals surface area contributed by atoms with Crippen molar-refractivity contribution in [2.75, 3.05) is 25.6 Å². The highest BCUT2D eigenvalue weighted by Crippen LogP contribution is 2.51. The molecule has 4 atom stereocenters. The second kappa shape index (κ2) is 6.33. The van der Waals surface area contributed by atoms with Crippen molar-refractivity contribution in [2.45, 2.75) is 31.3 Å². The topological polar surface area (TPSA) is 79.5 Å². The Hall–Kier alpha value is -2.08. The molecule has 3 aliphatic carbocycles. The van der Waals surface area contributed by atoms with E-state index in [0.29, 0.717) is 24.6 Å². The summed E-state index contributed by atoms with van der Waals surface area (Å²) >= 11 is 0. The molecule has 0 unspecified atom stereocenters. The van der Waals surface area contributed by atoms with Crippen LogP contribution in [0.5, 0.6) is 0 Å². The third-order valence-corrected chi connectivity index (χ3v) is 6.08. The molecule has 5 rings (SSSR count). The van der Waals surface area contributed by atoms with Crippen LogP contribution in [0.3, 0.4) is 0 Å². The van der Waals surface area contributed by atoms with Crippen LogP contribution in [0, 0.1) is 17.8 Å². The predicted molar refractivity (Wildman–Crippen MR) is 94.1 cm³/mol. The molecule has 2 amide bonds. The number of carbonyl (C=O) groups excluding carboxylic acids is 2. The van der Waals surface area contributed by atoms with Crippen LogP contribution in [-0.4, -0.2) is 37.7 Å². The minimum absolute atomic E-state index is 0.0111. The number of rotatable bonds is 4. The molecule has 3 saturated carbocycles. The largest absolute Gasteiger partial charge is 0.383 e. The first-order valence-corrected chi connectivity index (χ1v) is 9.09. The fourth-order valence-corrected chi connectivity index (χ4v) is 4.87. The normalized spacial score (nSPS) is 32.7. The highest BCUT2D eigenvalue weighted by Gasteiger charge is 2.55. The summed E-state index contributed by atoms with van der Waals surface area (Å²) in [5, 5.41) is 9.81. The second-order valence-electron chi connectivity index (χ2n) is 7.46. The third kappa shape index (κ3) is 2.78. The Kier molecular flexibility index (Phi) is 4.15. The number of nitrogens with one attached hydrogen (secondary N) is 3. The third-order valence-electron chi connectivity index (χ3n) is 6.08. The molecule has 1 aromatic rings. The molecule has 6 heteroatoms. The van der Waals surface area contributed by atoms with Crippen molar-refractivity contribution in [2.24, 2.45) is 17.8 Å². The van der Waals surface area contributed by atoms with Crippen molar-refractivity contribution in [3.63, 3.8) is 0 Å². The van der Waals surface area contributed by atoms with Gasteiger partial charge in [0, 0.05) is 31.2 Å². The second-order valence-corrected chi connectivity index (χ2v) is 7.46. The zero-order chi connectivity index (χ0) is 17.4. The van der Waals surface area contributed by atoms with Gasteiger partial charge >= 0.3 is 0 Å². The van der Waals surface area contributed by atoms with E-state index in [0.717, 1.165) is 31.4 Å². The fourth-order valence-electron chi connectivity index (χ4n) is 4.87. The minimum atomic E-state index is -0.405. The molecule has 4 aliphatic rings. The van der Waals surface area contributed by atoms with Crippen LogP contribution in [0.4, 0.5) is 5.69 Å². The van der Waals surface area contributed by atoms with E-state index in [1.54, 1.807) is 7.11 Å². The van der Waals surface area contributed by atoms with Crippen LogP contribution in [0.15, 0.2) is 24.3 Å². The van der Waals surface area contributed by atoms with E-state index in [-0.39, 0.29) is 23.7 Å². The van der Waals surface area contributed by atoms with Gasteiger partial charge in [-0.1, -0.05) is 12.1 Å². The molecule has 3 N–H and O–H groups in total. The van der Waals surface area contributed by atoms with Gasteiger partial charge in [-0.3, -0.25) is 9.59 Å². The number of benzene rings is 1. The maximum Gasteiger partial charge on any atom is 0.255 e. The standard InChI is InChI=1S/C19H25N3O3/c1-25-9-8-20-17(23)15-10-13-7-6-12(15)11-19(13)21-16-5-3-2-4-14(16)18(24)22-19/h2-5,12-13,15,21H,6-11H2,1H3,(H,20,23)(H,22,24)/t12-,13+,15-,19+/m0/s1. The van der Waals surface area contributed by atoms with Gasteiger partial charge in [0.15, 0.2) is 0 Å². The molecule has 1 aliphatic heterocycles. The average molecular weight is 343 g/mol. The van der Waals surface area contributed by atoms with Crippen molar-refractivity contribution in [1.82, 2.24) is 10.6 Å². The highest BCUT2D eigenvalue weighted by molar-refractivity contribution is 6.02. The van der Waals surface area contributed by atoms with E-state index in [9.17, 15) is 9.59 Å². The predicted octanol–water partition coefficient (Wildman–Crippen LogP) is 1.74. The van der Waals surface area contributed by atoms with Crippen molar-refractivity contribution < 1.29 is 14.3 Å². The van der Waals surface area contributed by atoms with Gasteiger partial charge in [0.1, 0.15) is 5.66 Å². The average Bonchev–Trinajstić information content (AvgIpc) is 2.62. The molecule has 134 valence electrons. The van der Waals surface area contributed by atoms with Crippen LogP contribution < -0.4 is 16.0 Å². The molecule has 1 spiro atoms. The maximum atomic E-state index is 12.6. The summed E-state index contributed by atoms with van der Waals surface area (Å²) in [5.41, 5.74) is 1.20. The molecule has 0 aromatic heterocycles. The first kappa shape index (κ1) is 16.4. The Balaban J connectivity index is 1.51. The summed E-state index contributed by atoms with van der Waals surface area (Å²) in [5.74, 6) is 0.725. The van der Waals surface area contributed by atoms with E-state index in [1.807, 2.05) is 24.3 Å². The molecule has 25 heavy (non-hydrogen) atoms. The van der Waals surface area contributed by atoms with Crippen LogP contribution in [0.1, 0.15) is 36.0 Å². The lowest BCUT2D eigenvalue weighted by Gasteiger charge is -2.56. The number of anilines is 1. The molecular formula is C19H25N3O3. The number of hydrogen-bond donors (Lipinski definition) is 3. The number of ether oxygens (including phenoxy) is 1. The van der Waals surface area contributed by atoms with E-state index in [2.05, 4.69) is 16.0 Å². The van der Waals surface area contributed by atoms with Gasteiger partial charge in [0.25, 0.3) is 5.91 Å². The van der Waals surface area contributed by atoms with E-state index >= 15 is 0 Å². The van der Waals surface area contributed by atoms with Crippen LogP contribution in [0.2, 0.25) is 0 Å². The van der Waals surface area contributed by atoms with Crippen LogP contribution in [0.25, 0.3) is 0 Å². The Morgan fingerprint density at radius 3 is 2.92 bits per heavy atom. The van der Waals surface area contributed by atoms with Gasteiger partial charge in [-0.15, -0.1) is 0 Å². The van der Waals surface area contributed by atoms with Gasteiger partial charge < -0.3 is 20.7 Å². The highest BCUT2D eigenvalue weighted by atomic mass is 16.5. The molecule has 0 radical (unpaired) electrons. The van der Waals surface area contributed by atoms with Gasteiger partial charge in [0.05, 0.1) is 12.2 Å². The Bertz CT molecular complexity index is 692. The summed E-state index contributed by atoms with van der Waals surface area (Å²) in [6, 6.07) is 7.64. The number of amides is 2. The molecule has 1 heterocycles. The fraction of sp³-hybridized carbons (Fsp3) is 0.579. The molecule has 1 aromatic carbocycles.